The summed E-state index contributed by atoms with van der Waals surface area (Å²) < 4.78 is 20.2. The molecule has 0 bridgehead atoms. The minimum atomic E-state index is -0.695. The number of nitrogens with zero attached hydrogens (tertiary/aromatic N) is 2. The van der Waals surface area contributed by atoms with Crippen LogP contribution in [0.5, 0.6) is 11.5 Å². The number of carbonyl (C=O) groups is 1. The molecule has 3 aromatic rings. The Morgan fingerprint density at radius 1 is 1.13 bits per heavy atom. The fraction of sp³-hybridized carbons (Fsp3) is 0.250. The van der Waals surface area contributed by atoms with Gasteiger partial charge in [-0.05, 0) is 94.1 Å². The molecular weight excluding hydrogens is 636 g/mol. The van der Waals surface area contributed by atoms with Gasteiger partial charge >= 0.3 is 5.97 Å². The van der Waals surface area contributed by atoms with Crippen LogP contribution in [0.1, 0.15) is 37.9 Å². The molecule has 0 aliphatic carbocycles. The van der Waals surface area contributed by atoms with Crippen LogP contribution < -0.4 is 24.4 Å². The molecular formula is C28H26Br2N2O5S. The van der Waals surface area contributed by atoms with Gasteiger partial charge in [-0.15, -0.1) is 0 Å². The van der Waals surface area contributed by atoms with Gasteiger partial charge in [0.1, 0.15) is 18.1 Å². The van der Waals surface area contributed by atoms with Gasteiger partial charge in [0.25, 0.3) is 5.56 Å². The van der Waals surface area contributed by atoms with Crippen molar-refractivity contribution in [2.24, 2.45) is 4.99 Å². The van der Waals surface area contributed by atoms with Crippen molar-refractivity contribution in [3.63, 3.8) is 0 Å². The van der Waals surface area contributed by atoms with Crippen molar-refractivity contribution in [1.29, 1.82) is 0 Å². The van der Waals surface area contributed by atoms with E-state index in [1.54, 1.807) is 24.5 Å². The quantitative estimate of drug-likeness (QED) is 0.230. The van der Waals surface area contributed by atoms with Gasteiger partial charge in [-0.2, -0.15) is 0 Å². The van der Waals surface area contributed by atoms with Gasteiger partial charge in [0.05, 0.1) is 44.0 Å². The fourth-order valence-corrected chi connectivity index (χ4v) is 6.60. The van der Waals surface area contributed by atoms with Gasteiger partial charge in [0.15, 0.2) is 4.80 Å². The predicted octanol–water partition coefficient (Wildman–Crippen LogP) is 5.29. The van der Waals surface area contributed by atoms with E-state index < -0.39 is 12.0 Å². The maximum Gasteiger partial charge on any atom is 0.338 e. The van der Waals surface area contributed by atoms with Crippen molar-refractivity contribution in [1.82, 2.24) is 4.57 Å². The molecule has 0 radical (unpaired) electrons. The molecule has 2 aromatic carbocycles. The van der Waals surface area contributed by atoms with Crippen LogP contribution >= 0.6 is 43.2 Å². The van der Waals surface area contributed by atoms with Gasteiger partial charge in [0.2, 0.25) is 0 Å². The Hall–Kier alpha value is -2.95. The minimum Gasteiger partial charge on any atom is -0.492 e. The molecule has 0 amide bonds. The standard InChI is InChI=1S/C28H26Br2N2O5S/c1-5-12-37-19-10-8-18(9-11-19)24-23(27(34)36-7-3)16(4)31-28-32(24)26(33)22(38-28)15-17-13-20(29)25(35-6-2)21(30)14-17/h5,8-11,13-15,24H,1,6-7,12H2,2-4H3/b22-15-/t24-/m0/s1. The van der Waals surface area contributed by atoms with Crippen molar-refractivity contribution in [3.8, 4) is 11.5 Å². The van der Waals surface area contributed by atoms with E-state index in [1.807, 2.05) is 49.4 Å². The van der Waals surface area contributed by atoms with Crippen LogP contribution in [0.15, 0.2) is 79.1 Å². The summed E-state index contributed by atoms with van der Waals surface area (Å²) in [4.78, 5) is 32.0. The van der Waals surface area contributed by atoms with E-state index >= 15 is 0 Å². The normalized spacial score (nSPS) is 15.1. The lowest BCUT2D eigenvalue weighted by atomic mass is 9.96. The molecule has 38 heavy (non-hydrogen) atoms. The maximum absolute atomic E-state index is 13.8. The average Bonchev–Trinajstić information content (AvgIpc) is 3.18. The van der Waals surface area contributed by atoms with E-state index in [1.165, 1.54) is 11.3 Å². The summed E-state index contributed by atoms with van der Waals surface area (Å²) in [6.07, 6.45) is 3.47. The number of ether oxygens (including phenoxy) is 3. The Bertz CT molecular complexity index is 1570. The topological polar surface area (TPSA) is 79.1 Å². The highest BCUT2D eigenvalue weighted by molar-refractivity contribution is 9.11. The van der Waals surface area contributed by atoms with Crippen molar-refractivity contribution >= 4 is 55.2 Å². The Balaban J connectivity index is 1.87. The summed E-state index contributed by atoms with van der Waals surface area (Å²) in [5.74, 6) is 0.854. The van der Waals surface area contributed by atoms with Crippen LogP contribution in [0.25, 0.3) is 6.08 Å². The van der Waals surface area contributed by atoms with E-state index in [4.69, 9.17) is 14.2 Å². The first-order valence-corrected chi connectivity index (χ1v) is 14.3. The van der Waals surface area contributed by atoms with Gasteiger partial charge in [-0.1, -0.05) is 36.1 Å². The SMILES string of the molecule is C=CCOc1ccc([C@H]2C(C(=O)OCC)=C(C)N=c3s/c(=C\c4cc(Br)c(OCC)c(Br)c4)c(=O)n32)cc1. The zero-order valence-corrected chi connectivity index (χ0v) is 25.1. The first kappa shape index (κ1) is 28.1. The molecule has 0 spiro atoms. The number of hydrogen-bond acceptors (Lipinski definition) is 7. The largest absolute Gasteiger partial charge is 0.492 e. The lowest BCUT2D eigenvalue weighted by Gasteiger charge is -2.24. The van der Waals surface area contributed by atoms with Crippen molar-refractivity contribution in [3.05, 3.63) is 100 Å². The van der Waals surface area contributed by atoms with Crippen molar-refractivity contribution in [2.45, 2.75) is 26.8 Å². The molecule has 1 aromatic heterocycles. The van der Waals surface area contributed by atoms with E-state index in [0.717, 1.165) is 20.1 Å². The highest BCUT2D eigenvalue weighted by Crippen LogP contribution is 2.35. The lowest BCUT2D eigenvalue weighted by molar-refractivity contribution is -0.139. The Kier molecular flexibility index (Phi) is 9.07. The second-order valence-electron chi connectivity index (χ2n) is 8.22. The molecule has 4 rings (SSSR count). The first-order valence-electron chi connectivity index (χ1n) is 11.9. The van der Waals surface area contributed by atoms with Crippen molar-refractivity contribution in [2.75, 3.05) is 19.8 Å². The summed E-state index contributed by atoms with van der Waals surface area (Å²) in [6, 6.07) is 10.4. The van der Waals surface area contributed by atoms with Crippen LogP contribution in [-0.4, -0.2) is 30.4 Å². The lowest BCUT2D eigenvalue weighted by Crippen LogP contribution is -2.39. The summed E-state index contributed by atoms with van der Waals surface area (Å²) in [5, 5.41) is 0. The van der Waals surface area contributed by atoms with E-state index in [9.17, 15) is 9.59 Å². The summed E-state index contributed by atoms with van der Waals surface area (Å²) in [5.41, 5.74) is 2.14. The minimum absolute atomic E-state index is 0.211. The van der Waals surface area contributed by atoms with Crippen LogP contribution in [0, 0.1) is 0 Å². The summed E-state index contributed by atoms with van der Waals surface area (Å²) in [6.45, 7) is 10.2. The van der Waals surface area contributed by atoms with Crippen LogP contribution in [0.4, 0.5) is 0 Å². The number of esters is 1. The molecule has 0 fully saturated rings. The van der Waals surface area contributed by atoms with Crippen molar-refractivity contribution < 1.29 is 19.0 Å². The molecule has 10 heteroatoms. The number of hydrogen-bond donors (Lipinski definition) is 0. The number of rotatable bonds is 9. The third kappa shape index (κ3) is 5.72. The second-order valence-corrected chi connectivity index (χ2v) is 10.9. The third-order valence-electron chi connectivity index (χ3n) is 5.69. The number of aromatic nitrogens is 1. The van der Waals surface area contributed by atoms with Crippen LogP contribution in [0.3, 0.4) is 0 Å². The molecule has 2 heterocycles. The van der Waals surface area contributed by atoms with Gasteiger partial charge in [-0.25, -0.2) is 9.79 Å². The second kappa shape index (κ2) is 12.3. The molecule has 0 unspecified atom stereocenters. The van der Waals surface area contributed by atoms with Crippen LogP contribution in [0.2, 0.25) is 0 Å². The predicted molar refractivity (Wildman–Crippen MR) is 156 cm³/mol. The molecule has 7 nitrogen and oxygen atoms in total. The first-order chi connectivity index (χ1) is 18.3. The zero-order chi connectivity index (χ0) is 27.4. The number of thiazole rings is 1. The Labute approximate surface area is 241 Å². The molecule has 0 N–H and O–H groups in total. The summed E-state index contributed by atoms with van der Waals surface area (Å²) >= 11 is 8.37. The number of allylic oxidation sites excluding steroid dienone is 1. The van der Waals surface area contributed by atoms with E-state index in [-0.39, 0.29) is 12.2 Å². The molecule has 198 valence electrons. The number of carbonyl (C=O) groups excluding carboxylic acids is 1. The zero-order valence-electron chi connectivity index (χ0n) is 21.1. The van der Waals surface area contributed by atoms with Crippen LogP contribution in [-0.2, 0) is 9.53 Å². The number of fused-ring (bicyclic) bond motifs is 1. The average molecular weight is 662 g/mol. The number of benzene rings is 2. The van der Waals surface area contributed by atoms with E-state index in [0.29, 0.717) is 45.3 Å². The molecule has 0 saturated heterocycles. The Morgan fingerprint density at radius 3 is 2.42 bits per heavy atom. The smallest absolute Gasteiger partial charge is 0.338 e. The van der Waals surface area contributed by atoms with Gasteiger partial charge in [0, 0.05) is 0 Å². The summed E-state index contributed by atoms with van der Waals surface area (Å²) in [7, 11) is 0. The highest BCUT2D eigenvalue weighted by atomic mass is 79.9. The van der Waals surface area contributed by atoms with Gasteiger partial charge < -0.3 is 14.2 Å². The maximum atomic E-state index is 13.8. The third-order valence-corrected chi connectivity index (χ3v) is 7.85. The van der Waals surface area contributed by atoms with Gasteiger partial charge in [-0.3, -0.25) is 9.36 Å². The number of halogens is 2. The molecule has 1 atom stereocenters. The molecule has 1 aliphatic rings. The highest BCUT2D eigenvalue weighted by Gasteiger charge is 2.33. The fourth-order valence-electron chi connectivity index (χ4n) is 4.10. The van der Waals surface area contributed by atoms with E-state index in [2.05, 4.69) is 43.4 Å². The molecule has 0 saturated carbocycles. The molecule has 1 aliphatic heterocycles. The monoisotopic (exact) mass is 660 g/mol. The Morgan fingerprint density at radius 2 is 1.82 bits per heavy atom.